The highest BCUT2D eigenvalue weighted by molar-refractivity contribution is 7.13. The first-order chi connectivity index (χ1) is 9.22. The minimum absolute atomic E-state index is 0.276. The van der Waals surface area contributed by atoms with Gasteiger partial charge >= 0.3 is 0 Å². The Morgan fingerprint density at radius 2 is 2.32 bits per heavy atom. The summed E-state index contributed by atoms with van der Waals surface area (Å²) in [6.45, 7) is 1.79. The Balaban J connectivity index is 1.76. The van der Waals surface area contributed by atoms with E-state index in [1.165, 1.54) is 0 Å². The molecule has 0 saturated heterocycles. The lowest BCUT2D eigenvalue weighted by Crippen LogP contribution is -2.11. The van der Waals surface area contributed by atoms with E-state index in [9.17, 15) is 4.79 Å². The minimum atomic E-state index is -0.308. The number of H-pyrrole nitrogens is 1. The first kappa shape index (κ1) is 11.7. The fourth-order valence-corrected chi connectivity index (χ4v) is 2.37. The summed E-state index contributed by atoms with van der Waals surface area (Å²) in [5.41, 5.74) is 0.876. The van der Waals surface area contributed by atoms with Gasteiger partial charge in [-0.3, -0.25) is 9.89 Å². The van der Waals surface area contributed by atoms with Crippen LogP contribution in [0.4, 0.5) is 5.82 Å². The van der Waals surface area contributed by atoms with E-state index in [0.29, 0.717) is 11.6 Å². The van der Waals surface area contributed by atoms with Gasteiger partial charge in [0.05, 0.1) is 10.6 Å². The molecular weight excluding hydrogens is 262 g/mol. The normalized spacial score (nSPS) is 10.6. The van der Waals surface area contributed by atoms with Crippen LogP contribution in [0.3, 0.4) is 0 Å². The van der Waals surface area contributed by atoms with Crippen molar-refractivity contribution in [2.24, 2.45) is 0 Å². The number of anilines is 1. The smallest absolute Gasteiger partial charge is 0.292 e. The van der Waals surface area contributed by atoms with Gasteiger partial charge in [0, 0.05) is 6.07 Å². The standard InChI is InChI=1S/C13H11N3O2S/c1-8-4-5-10(18-8)13(17)14-12-7-9(15-16-12)11-3-2-6-19-11/h2-7H,1H3,(H2,14,15,16,17). The van der Waals surface area contributed by atoms with Gasteiger partial charge in [-0.2, -0.15) is 5.10 Å². The lowest BCUT2D eigenvalue weighted by atomic mass is 10.3. The van der Waals surface area contributed by atoms with Crippen LogP contribution in [0.15, 0.2) is 40.1 Å². The molecule has 6 heteroatoms. The molecule has 3 aromatic rings. The molecule has 0 radical (unpaired) electrons. The fraction of sp³-hybridized carbons (Fsp3) is 0.0769. The van der Waals surface area contributed by atoms with Gasteiger partial charge < -0.3 is 9.73 Å². The van der Waals surface area contributed by atoms with Crippen molar-refractivity contribution in [1.82, 2.24) is 10.2 Å². The van der Waals surface area contributed by atoms with Gasteiger partial charge in [-0.15, -0.1) is 11.3 Å². The van der Waals surface area contributed by atoms with Gasteiger partial charge in [0.2, 0.25) is 0 Å². The summed E-state index contributed by atoms with van der Waals surface area (Å²) in [6, 6.07) is 9.12. The van der Waals surface area contributed by atoms with Crippen molar-refractivity contribution in [2.75, 3.05) is 5.32 Å². The molecule has 96 valence electrons. The lowest BCUT2D eigenvalue weighted by molar-refractivity contribution is 0.0995. The SMILES string of the molecule is Cc1ccc(C(=O)Nc2cc(-c3cccs3)[nH]n2)o1. The van der Waals surface area contributed by atoms with Gasteiger partial charge in [-0.05, 0) is 30.5 Å². The van der Waals surface area contributed by atoms with E-state index >= 15 is 0 Å². The largest absolute Gasteiger partial charge is 0.456 e. The maximum absolute atomic E-state index is 11.9. The second kappa shape index (κ2) is 4.74. The fourth-order valence-electron chi connectivity index (χ4n) is 1.68. The maximum atomic E-state index is 11.9. The quantitative estimate of drug-likeness (QED) is 0.769. The Labute approximate surface area is 113 Å². The number of thiophene rings is 1. The number of carbonyl (C=O) groups excluding carboxylic acids is 1. The third-order valence-electron chi connectivity index (χ3n) is 2.57. The van der Waals surface area contributed by atoms with E-state index in [0.717, 1.165) is 10.6 Å². The molecule has 3 rings (SSSR count). The average molecular weight is 273 g/mol. The van der Waals surface area contributed by atoms with Crippen molar-refractivity contribution in [3.8, 4) is 10.6 Å². The number of nitrogens with one attached hydrogen (secondary N) is 2. The Bertz CT molecular complexity index is 697. The molecule has 19 heavy (non-hydrogen) atoms. The molecule has 0 atom stereocenters. The van der Waals surface area contributed by atoms with E-state index in [4.69, 9.17) is 4.42 Å². The number of amides is 1. The van der Waals surface area contributed by atoms with Crippen molar-refractivity contribution < 1.29 is 9.21 Å². The highest BCUT2D eigenvalue weighted by Gasteiger charge is 2.12. The number of nitrogens with zero attached hydrogens (tertiary/aromatic N) is 1. The second-order valence-corrected chi connectivity index (χ2v) is 4.96. The first-order valence-corrected chi connectivity index (χ1v) is 6.57. The number of aromatic nitrogens is 2. The van der Waals surface area contributed by atoms with Crippen LogP contribution in [-0.4, -0.2) is 16.1 Å². The molecule has 2 N–H and O–H groups in total. The predicted octanol–water partition coefficient (Wildman–Crippen LogP) is 3.29. The highest BCUT2D eigenvalue weighted by atomic mass is 32.1. The summed E-state index contributed by atoms with van der Waals surface area (Å²) in [6.07, 6.45) is 0. The molecule has 3 aromatic heterocycles. The van der Waals surface area contributed by atoms with E-state index < -0.39 is 0 Å². The molecule has 0 aromatic carbocycles. The Morgan fingerprint density at radius 1 is 1.42 bits per heavy atom. The molecule has 0 bridgehead atoms. The van der Waals surface area contributed by atoms with Crippen LogP contribution >= 0.6 is 11.3 Å². The van der Waals surface area contributed by atoms with Crippen LogP contribution in [0.1, 0.15) is 16.3 Å². The van der Waals surface area contributed by atoms with Crippen LogP contribution in [0.25, 0.3) is 10.6 Å². The molecule has 5 nitrogen and oxygen atoms in total. The van der Waals surface area contributed by atoms with Crippen LogP contribution in [0.5, 0.6) is 0 Å². The van der Waals surface area contributed by atoms with Crippen LogP contribution in [0.2, 0.25) is 0 Å². The third kappa shape index (κ3) is 2.43. The molecule has 0 aliphatic rings. The number of aryl methyl sites for hydroxylation is 1. The number of rotatable bonds is 3. The summed E-state index contributed by atoms with van der Waals surface area (Å²) in [7, 11) is 0. The second-order valence-electron chi connectivity index (χ2n) is 4.01. The van der Waals surface area contributed by atoms with Gasteiger partial charge in [0.1, 0.15) is 5.76 Å². The van der Waals surface area contributed by atoms with Gasteiger partial charge in [-0.1, -0.05) is 6.07 Å². The van der Waals surface area contributed by atoms with Crippen molar-refractivity contribution in [1.29, 1.82) is 0 Å². The number of aromatic amines is 1. The Kier molecular flexibility index (Phi) is 2.92. The van der Waals surface area contributed by atoms with Crippen molar-refractivity contribution in [2.45, 2.75) is 6.92 Å². The topological polar surface area (TPSA) is 70.9 Å². The van der Waals surface area contributed by atoms with Crippen LogP contribution in [0, 0.1) is 6.92 Å². The molecule has 0 spiro atoms. The van der Waals surface area contributed by atoms with Crippen molar-refractivity contribution in [3.63, 3.8) is 0 Å². The van der Waals surface area contributed by atoms with Crippen molar-refractivity contribution >= 4 is 23.1 Å². The van der Waals surface area contributed by atoms with E-state index in [1.807, 2.05) is 17.5 Å². The predicted molar refractivity (Wildman–Crippen MR) is 73.3 cm³/mol. The summed E-state index contributed by atoms with van der Waals surface area (Å²) in [5, 5.41) is 11.6. The summed E-state index contributed by atoms with van der Waals surface area (Å²) in [5.74, 6) is 1.14. The van der Waals surface area contributed by atoms with Gasteiger partial charge in [0.25, 0.3) is 5.91 Å². The molecule has 0 aliphatic heterocycles. The molecule has 0 saturated carbocycles. The van der Waals surface area contributed by atoms with Crippen LogP contribution in [-0.2, 0) is 0 Å². The van der Waals surface area contributed by atoms with E-state index in [-0.39, 0.29) is 11.7 Å². The van der Waals surface area contributed by atoms with Gasteiger partial charge in [-0.25, -0.2) is 0 Å². The van der Waals surface area contributed by atoms with Gasteiger partial charge in [0.15, 0.2) is 11.6 Å². The Hall–Kier alpha value is -2.34. The summed E-state index contributed by atoms with van der Waals surface area (Å²) < 4.78 is 5.25. The molecule has 3 heterocycles. The number of hydrogen-bond donors (Lipinski definition) is 2. The zero-order valence-electron chi connectivity index (χ0n) is 10.1. The van der Waals surface area contributed by atoms with E-state index in [2.05, 4.69) is 15.5 Å². The third-order valence-corrected chi connectivity index (χ3v) is 3.47. The molecule has 0 fully saturated rings. The zero-order chi connectivity index (χ0) is 13.2. The number of carbonyl (C=O) groups is 1. The minimum Gasteiger partial charge on any atom is -0.456 e. The highest BCUT2D eigenvalue weighted by Crippen LogP contribution is 2.24. The molecular formula is C13H11N3O2S. The monoisotopic (exact) mass is 273 g/mol. The number of hydrogen-bond acceptors (Lipinski definition) is 4. The molecule has 0 aliphatic carbocycles. The van der Waals surface area contributed by atoms with Crippen molar-refractivity contribution in [3.05, 3.63) is 47.2 Å². The first-order valence-electron chi connectivity index (χ1n) is 5.69. The zero-order valence-corrected chi connectivity index (χ0v) is 11.0. The lowest BCUT2D eigenvalue weighted by Gasteiger charge is -1.97. The average Bonchev–Trinajstić information content (AvgIpc) is 3.07. The summed E-state index contributed by atoms with van der Waals surface area (Å²) >= 11 is 1.61. The van der Waals surface area contributed by atoms with E-state index in [1.54, 1.807) is 36.5 Å². The summed E-state index contributed by atoms with van der Waals surface area (Å²) in [4.78, 5) is 12.9. The molecule has 0 unspecified atom stereocenters. The molecule has 1 amide bonds. The number of furan rings is 1. The maximum Gasteiger partial charge on any atom is 0.292 e. The van der Waals surface area contributed by atoms with Crippen LogP contribution < -0.4 is 5.32 Å². The Morgan fingerprint density at radius 3 is 3.00 bits per heavy atom.